The molecule has 0 radical (unpaired) electrons. The van der Waals surface area contributed by atoms with Crippen molar-refractivity contribution >= 4 is 11.6 Å². The Bertz CT molecular complexity index is 1110. The predicted octanol–water partition coefficient (Wildman–Crippen LogP) is 2.97. The fourth-order valence-electron chi connectivity index (χ4n) is 5.36. The van der Waals surface area contributed by atoms with Crippen LogP contribution in [-0.4, -0.2) is 12.5 Å². The van der Waals surface area contributed by atoms with Gasteiger partial charge in [-0.2, -0.15) is 15.8 Å². The minimum Gasteiger partial charge on any atom is -0.399 e. The van der Waals surface area contributed by atoms with Gasteiger partial charge < -0.3 is 10.6 Å². The molecule has 0 saturated heterocycles. The number of nitrogens with two attached hydrogens (primary N) is 1. The van der Waals surface area contributed by atoms with E-state index in [1.165, 1.54) is 0 Å². The molecule has 29 heavy (non-hydrogen) atoms. The summed E-state index contributed by atoms with van der Waals surface area (Å²) in [6, 6.07) is 13.5. The van der Waals surface area contributed by atoms with Crippen LogP contribution in [0.15, 0.2) is 59.8 Å². The van der Waals surface area contributed by atoms with Gasteiger partial charge in [-0.1, -0.05) is 30.4 Å². The molecule has 0 bridgehead atoms. The lowest BCUT2D eigenvalue weighted by atomic mass is 9.47. The SMILES string of the molecule is C=CCN1C(=O)[C@]2(c3ccccc31)[C@@H]1CCCC=C1C(C#N)=C(N)C2(C#N)C#N. The molecule has 3 aliphatic rings. The molecule has 2 atom stereocenters. The average molecular weight is 381 g/mol. The van der Waals surface area contributed by atoms with E-state index in [-0.39, 0.29) is 23.7 Å². The maximum atomic E-state index is 14.0. The van der Waals surface area contributed by atoms with Crippen molar-refractivity contribution in [3.8, 4) is 18.2 Å². The van der Waals surface area contributed by atoms with Gasteiger partial charge in [-0.3, -0.25) is 4.79 Å². The first-order valence-corrected chi connectivity index (χ1v) is 9.50. The lowest BCUT2D eigenvalue weighted by Gasteiger charge is -2.49. The Morgan fingerprint density at radius 3 is 2.66 bits per heavy atom. The number of nitriles is 3. The Hall–Kier alpha value is -3.82. The van der Waals surface area contributed by atoms with Crippen LogP contribution in [0.25, 0.3) is 0 Å². The summed E-state index contributed by atoms with van der Waals surface area (Å²) in [5.74, 6) is -0.805. The minimum absolute atomic E-state index is 0.127. The summed E-state index contributed by atoms with van der Waals surface area (Å²) >= 11 is 0. The zero-order valence-electron chi connectivity index (χ0n) is 15.9. The van der Waals surface area contributed by atoms with Crippen molar-refractivity contribution in [2.24, 2.45) is 17.1 Å². The Labute approximate surface area is 169 Å². The van der Waals surface area contributed by atoms with Crippen molar-refractivity contribution in [1.29, 1.82) is 15.8 Å². The van der Waals surface area contributed by atoms with E-state index in [0.717, 1.165) is 12.8 Å². The van der Waals surface area contributed by atoms with Crippen LogP contribution in [0, 0.1) is 45.3 Å². The van der Waals surface area contributed by atoms with E-state index < -0.39 is 16.7 Å². The predicted molar refractivity (Wildman–Crippen MR) is 107 cm³/mol. The zero-order chi connectivity index (χ0) is 20.8. The maximum absolute atomic E-state index is 14.0. The van der Waals surface area contributed by atoms with Gasteiger partial charge in [-0.25, -0.2) is 0 Å². The van der Waals surface area contributed by atoms with Crippen LogP contribution in [0.5, 0.6) is 0 Å². The number of hydrogen-bond acceptors (Lipinski definition) is 5. The lowest BCUT2D eigenvalue weighted by Crippen LogP contribution is -2.61. The molecule has 1 aromatic rings. The first kappa shape index (κ1) is 18.5. The van der Waals surface area contributed by atoms with Gasteiger partial charge in [0.1, 0.15) is 11.5 Å². The molecule has 0 saturated carbocycles. The summed E-state index contributed by atoms with van der Waals surface area (Å²) in [5.41, 5.74) is 4.90. The van der Waals surface area contributed by atoms with E-state index in [2.05, 4.69) is 24.8 Å². The number of fused-ring (bicyclic) bond motifs is 4. The molecule has 2 aliphatic carbocycles. The van der Waals surface area contributed by atoms with Gasteiger partial charge in [0.15, 0.2) is 0 Å². The molecule has 142 valence electrons. The number of nitrogens with zero attached hydrogens (tertiary/aromatic N) is 4. The van der Waals surface area contributed by atoms with Gasteiger partial charge in [0.2, 0.25) is 11.3 Å². The van der Waals surface area contributed by atoms with Crippen molar-refractivity contribution in [2.75, 3.05) is 11.4 Å². The molecule has 2 N–H and O–H groups in total. The van der Waals surface area contributed by atoms with Gasteiger partial charge in [0.05, 0.1) is 23.4 Å². The Balaban J connectivity index is 2.19. The number of allylic oxidation sites excluding steroid dienone is 4. The Morgan fingerprint density at radius 2 is 2.00 bits per heavy atom. The average Bonchev–Trinajstić information content (AvgIpc) is 3.00. The summed E-state index contributed by atoms with van der Waals surface area (Å²) in [6.07, 6.45) is 5.72. The van der Waals surface area contributed by atoms with Crippen molar-refractivity contribution in [3.63, 3.8) is 0 Å². The van der Waals surface area contributed by atoms with Crippen molar-refractivity contribution in [2.45, 2.75) is 24.7 Å². The highest BCUT2D eigenvalue weighted by Gasteiger charge is 2.72. The summed E-state index contributed by atoms with van der Waals surface area (Å²) in [5, 5.41) is 30.4. The highest BCUT2D eigenvalue weighted by Crippen LogP contribution is 2.64. The molecule has 0 fully saturated rings. The highest BCUT2D eigenvalue weighted by molar-refractivity contribution is 6.11. The fraction of sp³-hybridized carbons (Fsp3) is 0.304. The van der Waals surface area contributed by atoms with Crippen LogP contribution in [0.2, 0.25) is 0 Å². The number of rotatable bonds is 2. The summed E-state index contributed by atoms with van der Waals surface area (Å²) in [6.45, 7) is 4.01. The topological polar surface area (TPSA) is 118 Å². The third-order valence-corrected chi connectivity index (χ3v) is 6.47. The number of hydrogen-bond donors (Lipinski definition) is 1. The van der Waals surface area contributed by atoms with Gasteiger partial charge in [-0.15, -0.1) is 6.58 Å². The normalized spacial score (nSPS) is 26.7. The number of para-hydroxylation sites is 1. The number of anilines is 1. The van der Waals surface area contributed by atoms with Crippen LogP contribution in [-0.2, 0) is 10.2 Å². The number of amides is 1. The molecule has 0 unspecified atom stereocenters. The number of carbonyl (C=O) groups excluding carboxylic acids is 1. The quantitative estimate of drug-likeness (QED) is 0.790. The van der Waals surface area contributed by atoms with Gasteiger partial charge in [0.25, 0.3) is 0 Å². The Kier molecular flexibility index (Phi) is 4.07. The number of benzene rings is 1. The minimum atomic E-state index is -1.97. The zero-order valence-corrected chi connectivity index (χ0v) is 15.9. The maximum Gasteiger partial charge on any atom is 0.241 e. The van der Waals surface area contributed by atoms with Crippen molar-refractivity contribution < 1.29 is 4.79 Å². The monoisotopic (exact) mass is 381 g/mol. The third kappa shape index (κ3) is 1.95. The van der Waals surface area contributed by atoms with Crippen LogP contribution >= 0.6 is 0 Å². The molecule has 1 amide bonds. The molecule has 6 heteroatoms. The molecule has 0 aromatic heterocycles. The second-order valence-electron chi connectivity index (χ2n) is 7.55. The van der Waals surface area contributed by atoms with E-state index >= 15 is 0 Å². The smallest absolute Gasteiger partial charge is 0.241 e. The van der Waals surface area contributed by atoms with Crippen LogP contribution in [0.1, 0.15) is 24.8 Å². The van der Waals surface area contributed by atoms with E-state index in [0.29, 0.717) is 23.2 Å². The third-order valence-electron chi connectivity index (χ3n) is 6.47. The molecular weight excluding hydrogens is 362 g/mol. The van der Waals surface area contributed by atoms with Crippen LogP contribution < -0.4 is 10.6 Å². The first-order chi connectivity index (χ1) is 14.0. The molecule has 1 aliphatic heterocycles. The van der Waals surface area contributed by atoms with E-state index in [1.807, 2.05) is 18.2 Å². The molecule has 1 aromatic carbocycles. The fourth-order valence-corrected chi connectivity index (χ4v) is 5.36. The highest BCUT2D eigenvalue weighted by atomic mass is 16.2. The second kappa shape index (κ2) is 6.36. The van der Waals surface area contributed by atoms with Crippen LogP contribution in [0.4, 0.5) is 5.69 Å². The molecular formula is C23H19N5O. The molecule has 4 rings (SSSR count). The summed E-state index contributed by atoms with van der Waals surface area (Å²) < 4.78 is 0. The second-order valence-corrected chi connectivity index (χ2v) is 7.55. The van der Waals surface area contributed by atoms with Crippen molar-refractivity contribution in [3.05, 3.63) is 65.4 Å². The van der Waals surface area contributed by atoms with Gasteiger partial charge in [-0.05, 0) is 36.5 Å². The summed E-state index contributed by atoms with van der Waals surface area (Å²) in [4.78, 5) is 15.6. The molecule has 6 nitrogen and oxygen atoms in total. The molecule has 1 heterocycles. The van der Waals surface area contributed by atoms with Gasteiger partial charge >= 0.3 is 0 Å². The van der Waals surface area contributed by atoms with Gasteiger partial charge in [0, 0.05) is 18.2 Å². The molecule has 1 spiro atoms. The first-order valence-electron chi connectivity index (χ1n) is 9.50. The lowest BCUT2D eigenvalue weighted by molar-refractivity contribution is -0.127. The Morgan fingerprint density at radius 1 is 1.28 bits per heavy atom. The van der Waals surface area contributed by atoms with E-state index in [4.69, 9.17) is 5.73 Å². The van der Waals surface area contributed by atoms with E-state index in [9.17, 15) is 20.6 Å². The largest absolute Gasteiger partial charge is 0.399 e. The van der Waals surface area contributed by atoms with E-state index in [1.54, 1.807) is 23.1 Å². The standard InChI is InChI=1S/C23H19N5O/c1-2-11-28-19-10-6-5-9-18(19)23(21(28)29)17-8-4-3-7-15(17)16(12-24)20(27)22(23,13-25)14-26/h2,5-7,9-10,17H,1,3-4,8,11,27H2/t17-,23-/m1/s1. The number of carbonyl (C=O) groups is 1. The van der Waals surface area contributed by atoms with Crippen LogP contribution in [0.3, 0.4) is 0 Å². The summed E-state index contributed by atoms with van der Waals surface area (Å²) in [7, 11) is 0. The van der Waals surface area contributed by atoms with Crippen molar-refractivity contribution in [1.82, 2.24) is 0 Å².